The van der Waals surface area contributed by atoms with Gasteiger partial charge in [0, 0.05) is 5.56 Å². The minimum atomic E-state index is -0.336. The van der Waals surface area contributed by atoms with Gasteiger partial charge in [0.05, 0.1) is 24.4 Å². The summed E-state index contributed by atoms with van der Waals surface area (Å²) in [6.07, 6.45) is 1.47. The van der Waals surface area contributed by atoms with E-state index in [0.29, 0.717) is 33.7 Å². The molecule has 0 fully saturated rings. The SMILES string of the molecule is CCOc1cc(/C=N\NC(=O)c2ccc(OC)cc2)cc(Br)c1O. The Morgan fingerprint density at radius 3 is 2.67 bits per heavy atom. The van der Waals surface area contributed by atoms with E-state index >= 15 is 0 Å². The van der Waals surface area contributed by atoms with Crippen LogP contribution in [-0.4, -0.2) is 30.9 Å². The maximum atomic E-state index is 12.0. The van der Waals surface area contributed by atoms with Gasteiger partial charge in [0.1, 0.15) is 5.75 Å². The molecule has 0 unspecified atom stereocenters. The van der Waals surface area contributed by atoms with E-state index in [4.69, 9.17) is 9.47 Å². The Balaban J connectivity index is 2.06. The molecular formula is C17H17BrN2O4. The van der Waals surface area contributed by atoms with Crippen LogP contribution in [0.2, 0.25) is 0 Å². The number of nitrogens with one attached hydrogen (secondary N) is 1. The molecule has 0 aromatic heterocycles. The van der Waals surface area contributed by atoms with Gasteiger partial charge in [-0.25, -0.2) is 5.43 Å². The van der Waals surface area contributed by atoms with Crippen molar-refractivity contribution < 1.29 is 19.4 Å². The average molecular weight is 393 g/mol. The first-order valence-corrected chi connectivity index (χ1v) is 7.97. The smallest absolute Gasteiger partial charge is 0.271 e. The fourth-order valence-electron chi connectivity index (χ4n) is 1.91. The van der Waals surface area contributed by atoms with Crippen LogP contribution in [-0.2, 0) is 0 Å². The van der Waals surface area contributed by atoms with Crippen molar-refractivity contribution in [2.24, 2.45) is 5.10 Å². The molecule has 0 aliphatic carbocycles. The highest BCUT2D eigenvalue weighted by atomic mass is 79.9. The minimum absolute atomic E-state index is 0.0243. The third kappa shape index (κ3) is 4.48. The molecule has 0 saturated carbocycles. The van der Waals surface area contributed by atoms with Crippen molar-refractivity contribution in [1.82, 2.24) is 5.43 Å². The number of methoxy groups -OCH3 is 1. The van der Waals surface area contributed by atoms with E-state index in [0.717, 1.165) is 0 Å². The second-order valence-electron chi connectivity index (χ2n) is 4.71. The average Bonchev–Trinajstić information content (AvgIpc) is 2.59. The van der Waals surface area contributed by atoms with Crippen LogP contribution in [0.15, 0.2) is 46.0 Å². The first-order valence-electron chi connectivity index (χ1n) is 7.18. The lowest BCUT2D eigenvalue weighted by Crippen LogP contribution is -2.17. The van der Waals surface area contributed by atoms with Gasteiger partial charge >= 0.3 is 0 Å². The highest BCUT2D eigenvalue weighted by Gasteiger charge is 2.08. The zero-order chi connectivity index (χ0) is 17.5. The lowest BCUT2D eigenvalue weighted by atomic mass is 10.2. The Hall–Kier alpha value is -2.54. The van der Waals surface area contributed by atoms with E-state index in [1.165, 1.54) is 6.21 Å². The lowest BCUT2D eigenvalue weighted by molar-refractivity contribution is 0.0955. The number of nitrogens with zero attached hydrogens (tertiary/aromatic N) is 1. The summed E-state index contributed by atoms with van der Waals surface area (Å²) < 4.78 is 10.9. The Morgan fingerprint density at radius 2 is 2.04 bits per heavy atom. The summed E-state index contributed by atoms with van der Waals surface area (Å²) >= 11 is 3.25. The molecule has 0 aliphatic rings. The summed E-state index contributed by atoms with van der Waals surface area (Å²) in [4.78, 5) is 12.0. The monoisotopic (exact) mass is 392 g/mol. The first kappa shape index (κ1) is 17.8. The Bertz CT molecular complexity index is 745. The number of ether oxygens (including phenoxy) is 2. The maximum absolute atomic E-state index is 12.0. The van der Waals surface area contributed by atoms with Crippen LogP contribution in [0.1, 0.15) is 22.8 Å². The number of rotatable bonds is 6. The van der Waals surface area contributed by atoms with E-state index in [1.54, 1.807) is 43.5 Å². The summed E-state index contributed by atoms with van der Waals surface area (Å²) in [5, 5.41) is 13.8. The number of aromatic hydroxyl groups is 1. The van der Waals surface area contributed by atoms with Gasteiger partial charge in [-0.2, -0.15) is 5.10 Å². The summed E-state index contributed by atoms with van der Waals surface area (Å²) in [6, 6.07) is 9.99. The largest absolute Gasteiger partial charge is 0.503 e. The molecule has 2 aromatic carbocycles. The van der Waals surface area contributed by atoms with Gasteiger partial charge < -0.3 is 14.6 Å². The van der Waals surface area contributed by atoms with E-state index in [2.05, 4.69) is 26.5 Å². The molecule has 126 valence electrons. The summed E-state index contributed by atoms with van der Waals surface area (Å²) in [5.74, 6) is 0.704. The van der Waals surface area contributed by atoms with Crippen molar-refractivity contribution in [1.29, 1.82) is 0 Å². The van der Waals surface area contributed by atoms with E-state index in [1.807, 2.05) is 6.92 Å². The quantitative estimate of drug-likeness (QED) is 0.583. The van der Waals surface area contributed by atoms with Gasteiger partial charge in [0.2, 0.25) is 0 Å². The van der Waals surface area contributed by atoms with Gasteiger partial charge in [-0.15, -0.1) is 0 Å². The number of carbonyl (C=O) groups is 1. The van der Waals surface area contributed by atoms with Crippen molar-refractivity contribution in [3.05, 3.63) is 52.0 Å². The topological polar surface area (TPSA) is 80.2 Å². The second-order valence-corrected chi connectivity index (χ2v) is 5.56. The number of carbonyl (C=O) groups excluding carboxylic acids is 1. The van der Waals surface area contributed by atoms with Crippen LogP contribution in [0, 0.1) is 0 Å². The molecular weight excluding hydrogens is 376 g/mol. The molecule has 0 aliphatic heterocycles. The Morgan fingerprint density at radius 1 is 1.33 bits per heavy atom. The Labute approximate surface area is 148 Å². The molecule has 2 N–H and O–H groups in total. The van der Waals surface area contributed by atoms with E-state index < -0.39 is 0 Å². The normalized spacial score (nSPS) is 10.6. The van der Waals surface area contributed by atoms with Crippen molar-refractivity contribution >= 4 is 28.1 Å². The zero-order valence-corrected chi connectivity index (χ0v) is 14.8. The number of hydrogen-bond acceptors (Lipinski definition) is 5. The summed E-state index contributed by atoms with van der Waals surface area (Å²) in [7, 11) is 1.56. The van der Waals surface area contributed by atoms with Crippen LogP contribution in [0.4, 0.5) is 0 Å². The molecule has 2 aromatic rings. The van der Waals surface area contributed by atoms with Crippen LogP contribution < -0.4 is 14.9 Å². The van der Waals surface area contributed by atoms with Crippen molar-refractivity contribution in [3.63, 3.8) is 0 Å². The van der Waals surface area contributed by atoms with Crippen molar-refractivity contribution in [2.45, 2.75) is 6.92 Å². The number of hydrogen-bond donors (Lipinski definition) is 2. The summed E-state index contributed by atoms with van der Waals surface area (Å²) in [6.45, 7) is 2.25. The Kier molecular flexibility index (Phi) is 6.20. The van der Waals surface area contributed by atoms with Gasteiger partial charge in [0.15, 0.2) is 11.5 Å². The van der Waals surface area contributed by atoms with Crippen molar-refractivity contribution in [3.8, 4) is 17.2 Å². The van der Waals surface area contributed by atoms with Gasteiger partial charge in [-0.3, -0.25) is 4.79 Å². The van der Waals surface area contributed by atoms with Crippen LogP contribution >= 0.6 is 15.9 Å². The molecule has 2 rings (SSSR count). The maximum Gasteiger partial charge on any atom is 0.271 e. The van der Waals surface area contributed by atoms with Crippen LogP contribution in [0.5, 0.6) is 17.2 Å². The third-order valence-electron chi connectivity index (χ3n) is 3.08. The number of phenolic OH excluding ortho intramolecular Hbond substituents is 1. The molecule has 0 atom stereocenters. The third-order valence-corrected chi connectivity index (χ3v) is 3.69. The molecule has 0 saturated heterocycles. The molecule has 0 spiro atoms. The molecule has 6 nitrogen and oxygen atoms in total. The fraction of sp³-hybridized carbons (Fsp3) is 0.176. The highest BCUT2D eigenvalue weighted by Crippen LogP contribution is 2.35. The fourth-order valence-corrected chi connectivity index (χ4v) is 2.37. The van der Waals surface area contributed by atoms with E-state index in [9.17, 15) is 9.90 Å². The van der Waals surface area contributed by atoms with Crippen LogP contribution in [0.3, 0.4) is 0 Å². The molecule has 0 radical (unpaired) electrons. The predicted molar refractivity (Wildman–Crippen MR) is 95.0 cm³/mol. The zero-order valence-electron chi connectivity index (χ0n) is 13.2. The molecule has 24 heavy (non-hydrogen) atoms. The number of hydrazone groups is 1. The van der Waals surface area contributed by atoms with Gasteiger partial charge in [0.25, 0.3) is 5.91 Å². The molecule has 0 bridgehead atoms. The number of phenols is 1. The standard InChI is InChI=1S/C17H17BrN2O4/c1-3-24-15-9-11(8-14(18)16(15)21)10-19-20-17(22)12-4-6-13(23-2)7-5-12/h4-10,21H,3H2,1-2H3,(H,20,22)/b19-10-. The molecule has 1 amide bonds. The van der Waals surface area contributed by atoms with Crippen LogP contribution in [0.25, 0.3) is 0 Å². The highest BCUT2D eigenvalue weighted by molar-refractivity contribution is 9.10. The van der Waals surface area contributed by atoms with Gasteiger partial charge in [-0.1, -0.05) is 0 Å². The minimum Gasteiger partial charge on any atom is -0.503 e. The lowest BCUT2D eigenvalue weighted by Gasteiger charge is -2.08. The first-order chi connectivity index (χ1) is 11.5. The van der Waals surface area contributed by atoms with Gasteiger partial charge in [-0.05, 0) is 64.8 Å². The summed E-state index contributed by atoms with van der Waals surface area (Å²) in [5.41, 5.74) is 3.57. The van der Waals surface area contributed by atoms with E-state index in [-0.39, 0.29) is 11.7 Å². The molecule has 7 heteroatoms. The molecule has 0 heterocycles. The number of amides is 1. The number of halogens is 1. The predicted octanol–water partition coefficient (Wildman–Crippen LogP) is 3.33. The number of benzene rings is 2. The second kappa shape index (κ2) is 8.35. The van der Waals surface area contributed by atoms with Crippen molar-refractivity contribution in [2.75, 3.05) is 13.7 Å².